The van der Waals surface area contributed by atoms with E-state index in [1.165, 1.54) is 5.69 Å². The summed E-state index contributed by atoms with van der Waals surface area (Å²) in [5.41, 5.74) is 1.25. The van der Waals surface area contributed by atoms with Gasteiger partial charge in [0.2, 0.25) is 5.91 Å². The number of nitrogens with zero attached hydrogens (tertiary/aromatic N) is 2. The Morgan fingerprint density at radius 2 is 2.20 bits per heavy atom. The van der Waals surface area contributed by atoms with Crippen molar-refractivity contribution in [3.8, 4) is 0 Å². The van der Waals surface area contributed by atoms with Crippen LogP contribution in [0.1, 0.15) is 24.6 Å². The highest BCUT2D eigenvalue weighted by atomic mass is 16.5. The summed E-state index contributed by atoms with van der Waals surface area (Å²) in [5.74, 6) is 0.492. The number of aromatic nitrogens is 1. The maximum absolute atomic E-state index is 11.9. The fourth-order valence-corrected chi connectivity index (χ4v) is 2.82. The normalized spacial score (nSPS) is 21.6. The average Bonchev–Trinajstić information content (AvgIpc) is 3.24. The van der Waals surface area contributed by atoms with Gasteiger partial charge in [-0.05, 0) is 25.0 Å². The number of morpholine rings is 1. The summed E-state index contributed by atoms with van der Waals surface area (Å²) in [7, 11) is 2.06. The standard InChI is InChI=1S/C15H23N3O2/c1-17-6-2-3-13(17)14(18-7-9-20-10-8-18)11-16-15(19)12-4-5-12/h2-3,6,12,14H,4-5,7-11H2,1H3,(H,16,19). The lowest BCUT2D eigenvalue weighted by atomic mass is 10.1. The van der Waals surface area contributed by atoms with E-state index in [-0.39, 0.29) is 17.9 Å². The van der Waals surface area contributed by atoms with E-state index in [4.69, 9.17) is 4.74 Å². The summed E-state index contributed by atoms with van der Waals surface area (Å²) >= 11 is 0. The predicted molar refractivity (Wildman–Crippen MR) is 76.3 cm³/mol. The topological polar surface area (TPSA) is 46.5 Å². The summed E-state index contributed by atoms with van der Waals surface area (Å²) in [4.78, 5) is 14.3. The Labute approximate surface area is 119 Å². The van der Waals surface area contributed by atoms with Gasteiger partial charge in [-0.15, -0.1) is 0 Å². The van der Waals surface area contributed by atoms with Crippen LogP contribution in [0.25, 0.3) is 0 Å². The molecule has 5 heteroatoms. The van der Waals surface area contributed by atoms with Crippen molar-refractivity contribution in [1.29, 1.82) is 0 Å². The Hall–Kier alpha value is -1.33. The van der Waals surface area contributed by atoms with E-state index in [9.17, 15) is 4.79 Å². The minimum absolute atomic E-state index is 0.220. The van der Waals surface area contributed by atoms with Crippen molar-refractivity contribution in [3.63, 3.8) is 0 Å². The molecule has 0 bridgehead atoms. The van der Waals surface area contributed by atoms with Gasteiger partial charge in [0.15, 0.2) is 0 Å². The van der Waals surface area contributed by atoms with Gasteiger partial charge >= 0.3 is 0 Å². The van der Waals surface area contributed by atoms with Crippen molar-refractivity contribution in [2.24, 2.45) is 13.0 Å². The second kappa shape index (κ2) is 5.97. The molecule has 1 saturated heterocycles. The Kier molecular flexibility index (Phi) is 4.08. The van der Waals surface area contributed by atoms with Gasteiger partial charge in [-0.1, -0.05) is 0 Å². The van der Waals surface area contributed by atoms with E-state index in [1.54, 1.807) is 0 Å². The number of amides is 1. The van der Waals surface area contributed by atoms with Crippen molar-refractivity contribution in [1.82, 2.24) is 14.8 Å². The van der Waals surface area contributed by atoms with Gasteiger partial charge < -0.3 is 14.6 Å². The summed E-state index contributed by atoms with van der Waals surface area (Å²) in [6.45, 7) is 4.09. The Morgan fingerprint density at radius 1 is 1.45 bits per heavy atom. The fourth-order valence-electron chi connectivity index (χ4n) is 2.82. The van der Waals surface area contributed by atoms with Gasteiger partial charge in [0.05, 0.1) is 19.3 Å². The number of hydrogen-bond acceptors (Lipinski definition) is 3. The SMILES string of the molecule is Cn1cccc1C(CNC(=O)C1CC1)N1CCOCC1. The van der Waals surface area contributed by atoms with E-state index >= 15 is 0 Å². The molecule has 1 N–H and O–H groups in total. The van der Waals surface area contributed by atoms with Crippen LogP contribution in [0.5, 0.6) is 0 Å². The van der Waals surface area contributed by atoms with Crippen LogP contribution in [-0.2, 0) is 16.6 Å². The van der Waals surface area contributed by atoms with Gasteiger partial charge in [-0.2, -0.15) is 0 Å². The molecule has 1 aliphatic heterocycles. The van der Waals surface area contributed by atoms with Crippen LogP contribution < -0.4 is 5.32 Å². The first kappa shape index (κ1) is 13.6. The van der Waals surface area contributed by atoms with E-state index in [0.29, 0.717) is 6.54 Å². The van der Waals surface area contributed by atoms with Crippen LogP contribution >= 0.6 is 0 Å². The van der Waals surface area contributed by atoms with Crippen LogP contribution in [-0.4, -0.2) is 48.2 Å². The van der Waals surface area contributed by atoms with Crippen molar-refractivity contribution in [2.75, 3.05) is 32.8 Å². The van der Waals surface area contributed by atoms with Gasteiger partial charge in [-0.25, -0.2) is 0 Å². The van der Waals surface area contributed by atoms with Crippen LogP contribution in [0.3, 0.4) is 0 Å². The average molecular weight is 277 g/mol. The number of nitrogens with one attached hydrogen (secondary N) is 1. The molecule has 5 nitrogen and oxygen atoms in total. The van der Waals surface area contributed by atoms with Crippen molar-refractivity contribution in [3.05, 3.63) is 24.0 Å². The molecule has 0 spiro atoms. The van der Waals surface area contributed by atoms with Crippen molar-refractivity contribution in [2.45, 2.75) is 18.9 Å². The fraction of sp³-hybridized carbons (Fsp3) is 0.667. The molecule has 2 heterocycles. The molecular weight excluding hydrogens is 254 g/mol. The lowest BCUT2D eigenvalue weighted by Gasteiger charge is -2.35. The summed E-state index contributed by atoms with van der Waals surface area (Å²) in [6.07, 6.45) is 4.17. The number of rotatable bonds is 5. The highest BCUT2D eigenvalue weighted by Gasteiger charge is 2.31. The Balaban J connectivity index is 1.68. The summed E-state index contributed by atoms with van der Waals surface area (Å²) in [5, 5.41) is 3.12. The Bertz CT molecular complexity index is 461. The molecule has 2 fully saturated rings. The van der Waals surface area contributed by atoms with Crippen LogP contribution in [0.15, 0.2) is 18.3 Å². The van der Waals surface area contributed by atoms with Gasteiger partial charge in [0.1, 0.15) is 0 Å². The molecule has 2 aliphatic rings. The van der Waals surface area contributed by atoms with Crippen LogP contribution in [0.2, 0.25) is 0 Å². The third-order valence-corrected chi connectivity index (χ3v) is 4.23. The largest absolute Gasteiger partial charge is 0.379 e. The molecule has 1 aliphatic carbocycles. The van der Waals surface area contributed by atoms with Gasteiger partial charge in [0.25, 0.3) is 0 Å². The molecule has 20 heavy (non-hydrogen) atoms. The number of ether oxygens (including phenoxy) is 1. The highest BCUT2D eigenvalue weighted by Crippen LogP contribution is 2.29. The zero-order valence-corrected chi connectivity index (χ0v) is 12.0. The summed E-state index contributed by atoms with van der Waals surface area (Å²) < 4.78 is 7.58. The highest BCUT2D eigenvalue weighted by molar-refractivity contribution is 5.80. The minimum atomic E-state index is 0.220. The lowest BCUT2D eigenvalue weighted by molar-refractivity contribution is -0.122. The quantitative estimate of drug-likeness (QED) is 0.871. The molecule has 1 atom stereocenters. The number of carbonyl (C=O) groups excluding carboxylic acids is 1. The number of aryl methyl sites for hydroxylation is 1. The first-order valence-corrected chi connectivity index (χ1v) is 7.46. The summed E-state index contributed by atoms with van der Waals surface area (Å²) in [6, 6.07) is 4.44. The second-order valence-electron chi connectivity index (χ2n) is 5.73. The zero-order valence-electron chi connectivity index (χ0n) is 12.0. The van der Waals surface area contributed by atoms with Crippen molar-refractivity contribution >= 4 is 5.91 Å². The zero-order chi connectivity index (χ0) is 13.9. The third kappa shape index (κ3) is 3.04. The predicted octanol–water partition coefficient (Wildman–Crippen LogP) is 0.925. The maximum atomic E-state index is 11.9. The molecule has 1 amide bonds. The molecule has 0 aromatic carbocycles. The molecule has 1 unspecified atom stereocenters. The second-order valence-corrected chi connectivity index (χ2v) is 5.73. The van der Waals surface area contributed by atoms with Gasteiger partial charge in [-0.3, -0.25) is 9.69 Å². The number of hydrogen-bond donors (Lipinski definition) is 1. The molecule has 110 valence electrons. The minimum Gasteiger partial charge on any atom is -0.379 e. The monoisotopic (exact) mass is 277 g/mol. The van der Waals surface area contributed by atoms with E-state index in [2.05, 4.69) is 40.2 Å². The molecule has 0 radical (unpaired) electrons. The third-order valence-electron chi connectivity index (χ3n) is 4.23. The molecular formula is C15H23N3O2. The lowest BCUT2D eigenvalue weighted by Crippen LogP contribution is -2.44. The number of carbonyl (C=O) groups is 1. The molecule has 1 aromatic rings. The van der Waals surface area contributed by atoms with E-state index in [1.807, 2.05) is 0 Å². The van der Waals surface area contributed by atoms with Crippen LogP contribution in [0, 0.1) is 5.92 Å². The van der Waals surface area contributed by atoms with E-state index < -0.39 is 0 Å². The smallest absolute Gasteiger partial charge is 0.223 e. The van der Waals surface area contributed by atoms with Crippen LogP contribution in [0.4, 0.5) is 0 Å². The van der Waals surface area contributed by atoms with Crippen molar-refractivity contribution < 1.29 is 9.53 Å². The van der Waals surface area contributed by atoms with Gasteiger partial charge in [0, 0.05) is 44.5 Å². The molecule has 3 rings (SSSR count). The van der Waals surface area contributed by atoms with E-state index in [0.717, 1.165) is 39.1 Å². The molecule has 1 aromatic heterocycles. The first-order valence-electron chi connectivity index (χ1n) is 7.46. The maximum Gasteiger partial charge on any atom is 0.223 e. The first-order chi connectivity index (χ1) is 9.75. The molecule has 1 saturated carbocycles. The Morgan fingerprint density at radius 3 is 2.80 bits per heavy atom.